The third-order valence-corrected chi connectivity index (χ3v) is 6.31. The summed E-state index contributed by atoms with van der Waals surface area (Å²) < 4.78 is 5.37. The van der Waals surface area contributed by atoms with Crippen LogP contribution < -0.4 is 16.4 Å². The van der Waals surface area contributed by atoms with E-state index in [1.54, 1.807) is 26.8 Å². The van der Waals surface area contributed by atoms with E-state index in [2.05, 4.69) is 10.6 Å². The number of alkyl carbamates (subject to hydrolysis) is 1. The number of benzene rings is 2. The highest BCUT2D eigenvalue weighted by Gasteiger charge is 2.38. The molecule has 2 aromatic carbocycles. The van der Waals surface area contributed by atoms with Crippen LogP contribution in [0.3, 0.4) is 0 Å². The largest absolute Gasteiger partial charge is 0.444 e. The minimum atomic E-state index is -1.14. The second-order valence-corrected chi connectivity index (χ2v) is 10.8. The van der Waals surface area contributed by atoms with Crippen LogP contribution in [-0.4, -0.2) is 46.4 Å². The van der Waals surface area contributed by atoms with Gasteiger partial charge in [-0.15, -0.1) is 0 Å². The van der Waals surface area contributed by atoms with Crippen LogP contribution in [0.15, 0.2) is 48.5 Å². The number of ether oxygens (including phenoxy) is 1. The zero-order valence-corrected chi connectivity index (χ0v) is 24.0. The van der Waals surface area contributed by atoms with Crippen molar-refractivity contribution in [2.75, 3.05) is 5.32 Å². The quantitative estimate of drug-likeness (QED) is 0.379. The molecular formula is C30H42N4O5. The molecule has 0 radical (unpaired) electrons. The summed E-state index contributed by atoms with van der Waals surface area (Å²) in [4.78, 5) is 53.9. The Morgan fingerprint density at radius 1 is 1.00 bits per heavy atom. The number of nitrogens with two attached hydrogens (primary N) is 1. The number of rotatable bonds is 11. The molecule has 2 rings (SSSR count). The second kappa shape index (κ2) is 13.8. The Hall–Kier alpha value is -3.88. The second-order valence-electron chi connectivity index (χ2n) is 10.8. The third-order valence-electron chi connectivity index (χ3n) is 6.31. The standard InChI is InChI=1S/C30H42N4O5/c1-8-21(4)34(28(37)24(17-18-25(31)35)33-29(38)39-30(5,6)7)26(22-15-13-19(2)14-16-22)27(36)32-23-12-10-9-11-20(23)3/h9-16,21,24,26H,8,17-18H2,1-7H3,(H2,31,35)(H,32,36)(H,33,38). The van der Waals surface area contributed by atoms with Crippen LogP contribution in [-0.2, 0) is 19.1 Å². The molecule has 0 aromatic heterocycles. The lowest BCUT2D eigenvalue weighted by Gasteiger charge is -2.38. The smallest absolute Gasteiger partial charge is 0.408 e. The van der Waals surface area contributed by atoms with Gasteiger partial charge >= 0.3 is 6.09 Å². The predicted molar refractivity (Wildman–Crippen MR) is 152 cm³/mol. The lowest BCUT2D eigenvalue weighted by atomic mass is 9.98. The molecule has 2 aromatic rings. The van der Waals surface area contributed by atoms with Crippen molar-refractivity contribution in [2.24, 2.45) is 5.73 Å². The van der Waals surface area contributed by atoms with Gasteiger partial charge in [0.15, 0.2) is 0 Å². The average Bonchev–Trinajstić information content (AvgIpc) is 2.85. The van der Waals surface area contributed by atoms with E-state index >= 15 is 0 Å². The summed E-state index contributed by atoms with van der Waals surface area (Å²) in [6.07, 6.45) is -0.433. The predicted octanol–water partition coefficient (Wildman–Crippen LogP) is 4.77. The molecule has 0 aliphatic carbocycles. The first-order valence-electron chi connectivity index (χ1n) is 13.3. The maximum absolute atomic E-state index is 14.2. The summed E-state index contributed by atoms with van der Waals surface area (Å²) in [6.45, 7) is 12.7. The molecule has 212 valence electrons. The van der Waals surface area contributed by atoms with Crippen molar-refractivity contribution >= 4 is 29.5 Å². The topological polar surface area (TPSA) is 131 Å². The zero-order chi connectivity index (χ0) is 29.3. The number of primary amides is 1. The Balaban J connectivity index is 2.57. The van der Waals surface area contributed by atoms with Gasteiger partial charge in [-0.2, -0.15) is 0 Å². The van der Waals surface area contributed by atoms with Crippen molar-refractivity contribution in [2.45, 2.75) is 91.5 Å². The van der Waals surface area contributed by atoms with E-state index < -0.39 is 41.5 Å². The van der Waals surface area contributed by atoms with E-state index in [0.29, 0.717) is 17.7 Å². The van der Waals surface area contributed by atoms with Crippen LogP contribution in [0, 0.1) is 13.8 Å². The molecule has 0 aliphatic heterocycles. The van der Waals surface area contributed by atoms with Crippen LogP contribution in [0.2, 0.25) is 0 Å². The molecule has 0 saturated carbocycles. The van der Waals surface area contributed by atoms with Gasteiger partial charge in [-0.25, -0.2) is 4.79 Å². The first kappa shape index (κ1) is 31.3. The van der Waals surface area contributed by atoms with Gasteiger partial charge in [0.25, 0.3) is 5.91 Å². The van der Waals surface area contributed by atoms with E-state index in [1.165, 1.54) is 4.90 Å². The van der Waals surface area contributed by atoms with E-state index in [1.807, 2.05) is 70.2 Å². The van der Waals surface area contributed by atoms with Crippen LogP contribution in [0.25, 0.3) is 0 Å². The molecule has 9 heteroatoms. The average molecular weight is 539 g/mol. The van der Waals surface area contributed by atoms with Gasteiger partial charge in [-0.3, -0.25) is 14.4 Å². The Labute approximate surface area is 231 Å². The zero-order valence-electron chi connectivity index (χ0n) is 24.0. The maximum Gasteiger partial charge on any atom is 0.408 e. The summed E-state index contributed by atoms with van der Waals surface area (Å²) in [5.41, 5.74) is 7.71. The number of para-hydroxylation sites is 1. The molecule has 0 aliphatic rings. The number of hydrogen-bond acceptors (Lipinski definition) is 5. The molecule has 3 atom stereocenters. The van der Waals surface area contributed by atoms with Crippen molar-refractivity contribution in [1.82, 2.24) is 10.2 Å². The fourth-order valence-electron chi connectivity index (χ4n) is 4.07. The summed E-state index contributed by atoms with van der Waals surface area (Å²) in [5, 5.41) is 5.59. The number of hydrogen-bond donors (Lipinski definition) is 3. The van der Waals surface area contributed by atoms with Crippen LogP contribution in [0.5, 0.6) is 0 Å². The number of aryl methyl sites for hydroxylation is 2. The van der Waals surface area contributed by atoms with Crippen LogP contribution in [0.4, 0.5) is 10.5 Å². The summed E-state index contributed by atoms with van der Waals surface area (Å²) >= 11 is 0. The molecule has 0 heterocycles. The van der Waals surface area contributed by atoms with E-state index in [9.17, 15) is 19.2 Å². The molecule has 0 fully saturated rings. The Bertz CT molecular complexity index is 1160. The number of nitrogens with zero attached hydrogens (tertiary/aromatic N) is 1. The molecule has 0 bridgehead atoms. The van der Waals surface area contributed by atoms with Gasteiger partial charge in [-0.1, -0.05) is 55.0 Å². The molecule has 0 saturated heterocycles. The Morgan fingerprint density at radius 2 is 1.62 bits per heavy atom. The minimum absolute atomic E-state index is 0.0413. The number of anilines is 1. The van der Waals surface area contributed by atoms with E-state index in [-0.39, 0.29) is 18.9 Å². The number of carbonyl (C=O) groups excluding carboxylic acids is 4. The Morgan fingerprint density at radius 3 is 2.15 bits per heavy atom. The van der Waals surface area contributed by atoms with Crippen molar-refractivity contribution in [3.8, 4) is 0 Å². The van der Waals surface area contributed by atoms with Gasteiger partial charge in [0, 0.05) is 18.2 Å². The fourth-order valence-corrected chi connectivity index (χ4v) is 4.07. The van der Waals surface area contributed by atoms with Gasteiger partial charge in [0.2, 0.25) is 11.8 Å². The van der Waals surface area contributed by atoms with Gasteiger partial charge in [0.05, 0.1) is 0 Å². The van der Waals surface area contributed by atoms with Crippen molar-refractivity contribution in [3.63, 3.8) is 0 Å². The van der Waals surface area contributed by atoms with E-state index in [4.69, 9.17) is 10.5 Å². The minimum Gasteiger partial charge on any atom is -0.444 e. The summed E-state index contributed by atoms with van der Waals surface area (Å²) in [7, 11) is 0. The van der Waals surface area contributed by atoms with Crippen molar-refractivity contribution < 1.29 is 23.9 Å². The molecule has 4 amide bonds. The van der Waals surface area contributed by atoms with Crippen LogP contribution >= 0.6 is 0 Å². The first-order chi connectivity index (χ1) is 18.2. The Kier molecular flexibility index (Phi) is 11.1. The first-order valence-corrected chi connectivity index (χ1v) is 13.3. The van der Waals surface area contributed by atoms with Gasteiger partial charge < -0.3 is 26.0 Å². The third kappa shape index (κ3) is 9.42. The van der Waals surface area contributed by atoms with Crippen LogP contribution in [0.1, 0.15) is 76.6 Å². The highest BCUT2D eigenvalue weighted by Crippen LogP contribution is 2.29. The lowest BCUT2D eigenvalue weighted by Crippen LogP contribution is -2.55. The maximum atomic E-state index is 14.2. The van der Waals surface area contributed by atoms with Crippen molar-refractivity contribution in [3.05, 3.63) is 65.2 Å². The van der Waals surface area contributed by atoms with Gasteiger partial charge in [0.1, 0.15) is 17.7 Å². The highest BCUT2D eigenvalue weighted by atomic mass is 16.6. The normalized spacial score (nSPS) is 13.5. The molecule has 39 heavy (non-hydrogen) atoms. The van der Waals surface area contributed by atoms with Crippen molar-refractivity contribution in [1.29, 1.82) is 0 Å². The highest BCUT2D eigenvalue weighted by molar-refractivity contribution is 5.99. The number of nitrogens with one attached hydrogen (secondary N) is 2. The lowest BCUT2D eigenvalue weighted by molar-refractivity contribution is -0.143. The fraction of sp³-hybridized carbons (Fsp3) is 0.467. The molecule has 0 spiro atoms. The van der Waals surface area contributed by atoms with Gasteiger partial charge in [-0.05, 0) is 71.6 Å². The monoisotopic (exact) mass is 538 g/mol. The number of amides is 4. The summed E-state index contributed by atoms with van der Waals surface area (Å²) in [6, 6.07) is 12.3. The SMILES string of the molecule is CCC(C)N(C(=O)C(CCC(N)=O)NC(=O)OC(C)(C)C)C(C(=O)Nc1ccccc1C)c1ccc(C)cc1. The molecular weight excluding hydrogens is 496 g/mol. The number of carbonyl (C=O) groups is 4. The van der Waals surface area contributed by atoms with E-state index in [0.717, 1.165) is 11.1 Å². The summed E-state index contributed by atoms with van der Waals surface area (Å²) in [5.74, 6) is -1.52. The molecule has 9 nitrogen and oxygen atoms in total. The molecule has 3 unspecified atom stereocenters. The molecule has 4 N–H and O–H groups in total.